The van der Waals surface area contributed by atoms with Gasteiger partial charge in [-0.1, -0.05) is 48.5 Å². The number of carboxylic acid groups (broad SMARTS) is 1. The van der Waals surface area contributed by atoms with Gasteiger partial charge in [0, 0.05) is 12.5 Å². The number of carbonyl (C=O) groups excluding carboxylic acids is 2. The van der Waals surface area contributed by atoms with E-state index in [9.17, 15) is 14.4 Å². The monoisotopic (exact) mass is 479 g/mol. The fourth-order valence-corrected chi connectivity index (χ4v) is 3.97. The molecular formula is C25H25N3O7. The predicted molar refractivity (Wildman–Crippen MR) is 124 cm³/mol. The van der Waals surface area contributed by atoms with Crippen LogP contribution in [0.3, 0.4) is 0 Å². The smallest absolute Gasteiger partial charge is 0.407 e. The largest absolute Gasteiger partial charge is 0.481 e. The summed E-state index contributed by atoms with van der Waals surface area (Å²) in [7, 11) is 0. The van der Waals surface area contributed by atoms with Crippen LogP contribution in [-0.4, -0.2) is 54.4 Å². The van der Waals surface area contributed by atoms with Gasteiger partial charge in [0.2, 0.25) is 0 Å². The maximum absolute atomic E-state index is 12.4. The highest BCUT2D eigenvalue weighted by atomic mass is 16.5. The average molecular weight is 479 g/mol. The number of carboxylic acids is 1. The van der Waals surface area contributed by atoms with Crippen LogP contribution in [0, 0.1) is 0 Å². The Morgan fingerprint density at radius 2 is 1.66 bits per heavy atom. The molecule has 0 fully saturated rings. The molecule has 3 aromatic rings. The minimum atomic E-state index is -0.954. The number of nitrogens with zero attached hydrogens (tertiary/aromatic N) is 1. The van der Waals surface area contributed by atoms with E-state index in [4.69, 9.17) is 19.0 Å². The zero-order chi connectivity index (χ0) is 24.6. The summed E-state index contributed by atoms with van der Waals surface area (Å²) in [6, 6.07) is 16.1. The lowest BCUT2D eigenvalue weighted by Gasteiger charge is -2.14. The fraction of sp³-hybridized carbons (Fsp3) is 0.280. The van der Waals surface area contributed by atoms with Gasteiger partial charge in [0.15, 0.2) is 17.8 Å². The van der Waals surface area contributed by atoms with Crippen molar-refractivity contribution < 1.29 is 33.4 Å². The molecule has 0 aliphatic heterocycles. The van der Waals surface area contributed by atoms with Gasteiger partial charge >= 0.3 is 12.1 Å². The van der Waals surface area contributed by atoms with Crippen molar-refractivity contribution in [1.82, 2.24) is 15.6 Å². The number of alkyl carbamates (subject to hydrolysis) is 1. The molecule has 0 unspecified atom stereocenters. The molecule has 0 saturated heterocycles. The van der Waals surface area contributed by atoms with Crippen LogP contribution in [0.25, 0.3) is 11.1 Å². The van der Waals surface area contributed by atoms with E-state index in [1.807, 2.05) is 36.4 Å². The van der Waals surface area contributed by atoms with Crippen molar-refractivity contribution >= 4 is 18.0 Å². The second kappa shape index (κ2) is 11.3. The Hall–Kier alpha value is -4.18. The highest BCUT2D eigenvalue weighted by Crippen LogP contribution is 2.44. The third-order valence-corrected chi connectivity index (χ3v) is 5.59. The van der Waals surface area contributed by atoms with Gasteiger partial charge in [-0.05, 0) is 22.3 Å². The number of aromatic nitrogens is 1. The van der Waals surface area contributed by atoms with Gasteiger partial charge in [0.25, 0.3) is 5.91 Å². The summed E-state index contributed by atoms with van der Waals surface area (Å²) in [4.78, 5) is 39.0. The van der Waals surface area contributed by atoms with Gasteiger partial charge in [0.1, 0.15) is 6.61 Å². The number of fused-ring (bicyclic) bond motifs is 3. The molecule has 2 amide bonds. The molecule has 35 heavy (non-hydrogen) atoms. The number of rotatable bonds is 11. The summed E-state index contributed by atoms with van der Waals surface area (Å²) in [5.41, 5.74) is 4.54. The third kappa shape index (κ3) is 5.85. The molecule has 0 atom stereocenters. The molecule has 10 heteroatoms. The summed E-state index contributed by atoms with van der Waals surface area (Å²) in [5, 5.41) is 13.8. The Balaban J connectivity index is 1.25. The second-order valence-corrected chi connectivity index (χ2v) is 7.82. The van der Waals surface area contributed by atoms with E-state index in [2.05, 4.69) is 27.8 Å². The van der Waals surface area contributed by atoms with Crippen LogP contribution >= 0.6 is 0 Å². The van der Waals surface area contributed by atoms with E-state index in [1.54, 1.807) is 0 Å². The van der Waals surface area contributed by atoms with E-state index in [0.29, 0.717) is 0 Å². The van der Waals surface area contributed by atoms with Crippen LogP contribution in [0.1, 0.15) is 39.7 Å². The Morgan fingerprint density at radius 1 is 0.971 bits per heavy atom. The number of ether oxygens (including phenoxy) is 2. The van der Waals surface area contributed by atoms with Crippen molar-refractivity contribution in [1.29, 1.82) is 0 Å². The Morgan fingerprint density at radius 3 is 2.34 bits per heavy atom. The Labute approximate surface area is 201 Å². The molecule has 1 heterocycles. The molecular weight excluding hydrogens is 454 g/mol. The normalized spacial score (nSPS) is 12.0. The molecule has 0 spiro atoms. The van der Waals surface area contributed by atoms with Crippen LogP contribution in [0.4, 0.5) is 4.79 Å². The molecule has 182 valence electrons. The number of oxazole rings is 1. The summed E-state index contributed by atoms with van der Waals surface area (Å²) in [5.74, 6) is -1.32. The average Bonchev–Trinajstić information content (AvgIpc) is 3.46. The van der Waals surface area contributed by atoms with Gasteiger partial charge in [0.05, 0.1) is 26.2 Å². The van der Waals surface area contributed by atoms with E-state index in [1.165, 1.54) is 0 Å². The first-order chi connectivity index (χ1) is 17.0. The van der Waals surface area contributed by atoms with E-state index in [-0.39, 0.29) is 56.7 Å². The van der Waals surface area contributed by atoms with Gasteiger partial charge in [-0.15, -0.1) is 0 Å². The van der Waals surface area contributed by atoms with Crippen molar-refractivity contribution in [3.05, 3.63) is 77.5 Å². The number of hydrogen-bond acceptors (Lipinski definition) is 7. The predicted octanol–water partition coefficient (Wildman–Crippen LogP) is 2.93. The molecule has 0 saturated carbocycles. The fourth-order valence-electron chi connectivity index (χ4n) is 3.97. The van der Waals surface area contributed by atoms with Crippen LogP contribution in [0.5, 0.6) is 0 Å². The standard InChI is InChI=1S/C25H25N3O7/c29-22(30)9-11-33-12-10-26-24(31)23-21(35-15-28-23)13-27-25(32)34-14-20-18-7-3-1-5-16(18)17-6-2-4-8-19(17)20/h1-8,15,20H,9-14H2,(H,26,31)(H,27,32)(H,29,30). The van der Waals surface area contributed by atoms with Crippen LogP contribution in [0.2, 0.25) is 0 Å². The number of benzene rings is 2. The molecule has 10 nitrogen and oxygen atoms in total. The molecule has 1 aromatic heterocycles. The van der Waals surface area contributed by atoms with Crippen molar-refractivity contribution in [3.63, 3.8) is 0 Å². The molecule has 1 aliphatic carbocycles. The SMILES string of the molecule is O=C(O)CCOCCNC(=O)c1ncoc1CNC(=O)OCC1c2ccccc2-c2ccccc21. The van der Waals surface area contributed by atoms with Crippen molar-refractivity contribution in [2.24, 2.45) is 0 Å². The Kier molecular flexibility index (Phi) is 7.74. The second-order valence-electron chi connectivity index (χ2n) is 7.82. The van der Waals surface area contributed by atoms with E-state index >= 15 is 0 Å². The number of nitrogens with one attached hydrogen (secondary N) is 2. The molecule has 0 bridgehead atoms. The van der Waals surface area contributed by atoms with Gasteiger partial charge < -0.3 is 29.6 Å². The summed E-state index contributed by atoms with van der Waals surface area (Å²) in [6.45, 7) is 0.485. The number of hydrogen-bond donors (Lipinski definition) is 3. The number of carbonyl (C=O) groups is 3. The summed E-state index contributed by atoms with van der Waals surface area (Å²) >= 11 is 0. The third-order valence-electron chi connectivity index (χ3n) is 5.59. The molecule has 1 aliphatic rings. The van der Waals surface area contributed by atoms with Gasteiger partial charge in [-0.2, -0.15) is 0 Å². The number of aliphatic carboxylic acids is 1. The maximum atomic E-state index is 12.4. The van der Waals surface area contributed by atoms with Crippen LogP contribution < -0.4 is 10.6 Å². The maximum Gasteiger partial charge on any atom is 0.407 e. The first-order valence-corrected chi connectivity index (χ1v) is 11.1. The molecule has 2 aromatic carbocycles. The van der Waals surface area contributed by atoms with Gasteiger partial charge in [-0.25, -0.2) is 9.78 Å². The lowest BCUT2D eigenvalue weighted by atomic mass is 9.98. The topological polar surface area (TPSA) is 140 Å². The van der Waals surface area contributed by atoms with Crippen LogP contribution in [0.15, 0.2) is 59.3 Å². The number of amides is 2. The summed E-state index contributed by atoms with van der Waals surface area (Å²) in [6.07, 6.45) is 0.372. The first kappa shape index (κ1) is 24.0. The van der Waals surface area contributed by atoms with Crippen molar-refractivity contribution in [2.75, 3.05) is 26.4 Å². The van der Waals surface area contributed by atoms with Crippen molar-refractivity contribution in [2.45, 2.75) is 18.9 Å². The zero-order valence-electron chi connectivity index (χ0n) is 18.9. The van der Waals surface area contributed by atoms with Gasteiger partial charge in [-0.3, -0.25) is 9.59 Å². The quantitative estimate of drug-likeness (QED) is 0.357. The molecule has 0 radical (unpaired) electrons. The highest BCUT2D eigenvalue weighted by molar-refractivity contribution is 5.93. The van der Waals surface area contributed by atoms with E-state index in [0.717, 1.165) is 28.6 Å². The first-order valence-electron chi connectivity index (χ1n) is 11.1. The highest BCUT2D eigenvalue weighted by Gasteiger charge is 2.29. The Bertz CT molecular complexity index is 1160. The minimum Gasteiger partial charge on any atom is -0.481 e. The zero-order valence-corrected chi connectivity index (χ0v) is 18.9. The lowest BCUT2D eigenvalue weighted by molar-refractivity contribution is -0.138. The van der Waals surface area contributed by atoms with E-state index < -0.39 is 18.0 Å². The summed E-state index contributed by atoms with van der Waals surface area (Å²) < 4.78 is 15.8. The molecule has 3 N–H and O–H groups in total. The minimum absolute atomic E-state index is 0.0366. The van der Waals surface area contributed by atoms with Crippen LogP contribution in [-0.2, 0) is 20.8 Å². The lowest BCUT2D eigenvalue weighted by Crippen LogP contribution is -2.30. The molecule has 4 rings (SSSR count). The van der Waals surface area contributed by atoms with Crippen molar-refractivity contribution in [3.8, 4) is 11.1 Å².